The molecule has 1 heterocycles. The summed E-state index contributed by atoms with van der Waals surface area (Å²) in [4.78, 5) is 15.0. The summed E-state index contributed by atoms with van der Waals surface area (Å²) in [6.45, 7) is 1.50. The summed E-state index contributed by atoms with van der Waals surface area (Å²) in [5.74, 6) is -0.718. The first-order valence-electron chi connectivity index (χ1n) is 6.06. The number of hydrogen-bond donors (Lipinski definition) is 2. The number of aliphatic carboxylic acids is 1. The second-order valence-corrected chi connectivity index (χ2v) is 4.30. The van der Waals surface area contributed by atoms with E-state index in [1.807, 2.05) is 36.4 Å². The van der Waals surface area contributed by atoms with Crippen molar-refractivity contribution in [1.82, 2.24) is 4.98 Å². The van der Waals surface area contributed by atoms with Crippen molar-refractivity contribution < 1.29 is 9.90 Å². The third-order valence-electron chi connectivity index (χ3n) is 2.84. The fraction of sp³-hybridized carbons (Fsp3) is 0.133. The average molecular weight is 267 g/mol. The zero-order valence-electron chi connectivity index (χ0n) is 10.9. The van der Waals surface area contributed by atoms with Crippen LogP contribution < -0.4 is 5.32 Å². The number of nitriles is 1. The highest BCUT2D eigenvalue weighted by atomic mass is 16.4. The summed E-state index contributed by atoms with van der Waals surface area (Å²) in [6, 6.07) is 12.5. The van der Waals surface area contributed by atoms with E-state index in [1.54, 1.807) is 12.3 Å². The summed E-state index contributed by atoms with van der Waals surface area (Å²) in [7, 11) is 0. The van der Waals surface area contributed by atoms with Crippen LogP contribution in [0.5, 0.6) is 0 Å². The molecule has 0 radical (unpaired) electrons. The van der Waals surface area contributed by atoms with Gasteiger partial charge in [0.05, 0.1) is 5.56 Å². The molecule has 5 nitrogen and oxygen atoms in total. The Bertz CT molecular complexity index is 663. The number of pyridine rings is 1. The largest absolute Gasteiger partial charge is 0.480 e. The van der Waals surface area contributed by atoms with E-state index >= 15 is 0 Å². The molecule has 0 aliphatic heterocycles. The maximum Gasteiger partial charge on any atom is 0.325 e. The minimum Gasteiger partial charge on any atom is -0.480 e. The molecule has 0 amide bonds. The van der Waals surface area contributed by atoms with E-state index in [1.165, 1.54) is 6.92 Å². The van der Waals surface area contributed by atoms with Crippen molar-refractivity contribution in [3.05, 3.63) is 48.2 Å². The van der Waals surface area contributed by atoms with Crippen LogP contribution in [-0.4, -0.2) is 22.1 Å². The van der Waals surface area contributed by atoms with Crippen LogP contribution >= 0.6 is 0 Å². The van der Waals surface area contributed by atoms with Crippen LogP contribution in [0.1, 0.15) is 12.5 Å². The molecular formula is C15H13N3O2. The zero-order chi connectivity index (χ0) is 14.5. The Morgan fingerprint density at radius 3 is 2.65 bits per heavy atom. The molecule has 1 unspecified atom stereocenters. The maximum absolute atomic E-state index is 10.8. The lowest BCUT2D eigenvalue weighted by molar-refractivity contribution is -0.137. The van der Waals surface area contributed by atoms with Gasteiger partial charge in [-0.05, 0) is 18.6 Å². The Balaban J connectivity index is 2.34. The molecule has 20 heavy (non-hydrogen) atoms. The third-order valence-corrected chi connectivity index (χ3v) is 2.84. The molecule has 0 saturated heterocycles. The van der Waals surface area contributed by atoms with Gasteiger partial charge in [0.1, 0.15) is 17.9 Å². The quantitative estimate of drug-likeness (QED) is 0.888. The van der Waals surface area contributed by atoms with Crippen LogP contribution in [0.25, 0.3) is 11.1 Å². The van der Waals surface area contributed by atoms with E-state index in [0.717, 1.165) is 11.1 Å². The molecule has 0 aliphatic rings. The maximum atomic E-state index is 10.8. The number of anilines is 1. The molecule has 5 heteroatoms. The number of benzene rings is 1. The van der Waals surface area contributed by atoms with Crippen molar-refractivity contribution >= 4 is 11.8 Å². The fourth-order valence-electron chi connectivity index (χ4n) is 1.72. The Hall–Kier alpha value is -2.87. The fourth-order valence-corrected chi connectivity index (χ4v) is 1.72. The van der Waals surface area contributed by atoms with Crippen LogP contribution in [0, 0.1) is 11.3 Å². The normalized spacial score (nSPS) is 11.4. The summed E-state index contributed by atoms with van der Waals surface area (Å²) in [5.41, 5.74) is 2.09. The van der Waals surface area contributed by atoms with Crippen molar-refractivity contribution in [2.45, 2.75) is 13.0 Å². The molecule has 1 aromatic heterocycles. The minimum atomic E-state index is -0.997. The predicted octanol–water partition coefficient (Wildman–Crippen LogP) is 2.51. The number of carboxylic acids is 1. The van der Waals surface area contributed by atoms with Gasteiger partial charge in [-0.25, -0.2) is 4.98 Å². The molecule has 0 bridgehead atoms. The van der Waals surface area contributed by atoms with Crippen molar-refractivity contribution in [1.29, 1.82) is 5.26 Å². The Labute approximate surface area is 116 Å². The van der Waals surface area contributed by atoms with Crippen LogP contribution in [0.2, 0.25) is 0 Å². The second-order valence-electron chi connectivity index (χ2n) is 4.30. The lowest BCUT2D eigenvalue weighted by Gasteiger charge is -2.12. The Morgan fingerprint density at radius 1 is 1.35 bits per heavy atom. The van der Waals surface area contributed by atoms with E-state index < -0.39 is 12.0 Å². The van der Waals surface area contributed by atoms with E-state index in [0.29, 0.717) is 5.56 Å². The molecule has 1 aromatic carbocycles. The second kappa shape index (κ2) is 5.85. The van der Waals surface area contributed by atoms with Crippen molar-refractivity contribution in [2.75, 3.05) is 5.32 Å². The number of hydrogen-bond acceptors (Lipinski definition) is 4. The van der Waals surface area contributed by atoms with E-state index in [9.17, 15) is 4.79 Å². The molecule has 100 valence electrons. The van der Waals surface area contributed by atoms with Crippen LogP contribution in [0.15, 0.2) is 42.6 Å². The zero-order valence-corrected chi connectivity index (χ0v) is 10.9. The van der Waals surface area contributed by atoms with Crippen molar-refractivity contribution in [3.8, 4) is 17.2 Å². The smallest absolute Gasteiger partial charge is 0.325 e. The van der Waals surface area contributed by atoms with Gasteiger partial charge in [0.2, 0.25) is 0 Å². The highest BCUT2D eigenvalue weighted by Gasteiger charge is 2.14. The lowest BCUT2D eigenvalue weighted by atomic mass is 10.1. The standard InChI is InChI=1S/C15H13N3O2/c1-10(15(19)20)18-14-12(8-16)7-13(9-17-14)11-5-3-2-4-6-11/h2-7,9-10H,1H3,(H,17,18)(H,19,20). The Morgan fingerprint density at radius 2 is 2.05 bits per heavy atom. The molecule has 2 rings (SSSR count). The molecule has 2 aromatic rings. The van der Waals surface area contributed by atoms with E-state index in [-0.39, 0.29) is 5.82 Å². The number of nitrogens with one attached hydrogen (secondary N) is 1. The van der Waals surface area contributed by atoms with Crippen LogP contribution in [0.3, 0.4) is 0 Å². The molecule has 0 aliphatic carbocycles. The van der Waals surface area contributed by atoms with Crippen LogP contribution in [0.4, 0.5) is 5.82 Å². The monoisotopic (exact) mass is 267 g/mol. The SMILES string of the molecule is CC(Nc1ncc(-c2ccccc2)cc1C#N)C(=O)O. The van der Waals surface area contributed by atoms with Crippen molar-refractivity contribution in [2.24, 2.45) is 0 Å². The first kappa shape index (κ1) is 13.6. The van der Waals surface area contributed by atoms with E-state index in [2.05, 4.69) is 10.3 Å². The topological polar surface area (TPSA) is 86.0 Å². The molecular weight excluding hydrogens is 254 g/mol. The van der Waals surface area contributed by atoms with Gasteiger partial charge in [0.15, 0.2) is 0 Å². The number of nitrogens with zero attached hydrogens (tertiary/aromatic N) is 2. The van der Waals surface area contributed by atoms with Gasteiger partial charge in [-0.2, -0.15) is 5.26 Å². The lowest BCUT2D eigenvalue weighted by Crippen LogP contribution is -2.26. The summed E-state index contributed by atoms with van der Waals surface area (Å²) >= 11 is 0. The van der Waals surface area contributed by atoms with Gasteiger partial charge in [-0.1, -0.05) is 30.3 Å². The molecule has 2 N–H and O–H groups in total. The summed E-state index contributed by atoms with van der Waals surface area (Å²) in [6.07, 6.45) is 1.62. The van der Waals surface area contributed by atoms with E-state index in [4.69, 9.17) is 10.4 Å². The predicted molar refractivity (Wildman–Crippen MR) is 75.1 cm³/mol. The minimum absolute atomic E-state index is 0.280. The van der Waals surface area contributed by atoms with Crippen molar-refractivity contribution in [3.63, 3.8) is 0 Å². The summed E-state index contributed by atoms with van der Waals surface area (Å²) < 4.78 is 0. The van der Waals surface area contributed by atoms with Gasteiger partial charge in [0, 0.05) is 11.8 Å². The van der Waals surface area contributed by atoms with Gasteiger partial charge in [-0.3, -0.25) is 4.79 Å². The highest BCUT2D eigenvalue weighted by molar-refractivity contribution is 5.77. The number of aromatic nitrogens is 1. The first-order chi connectivity index (χ1) is 9.61. The first-order valence-corrected chi connectivity index (χ1v) is 6.06. The van der Waals surface area contributed by atoms with Gasteiger partial charge in [-0.15, -0.1) is 0 Å². The Kier molecular flexibility index (Phi) is 3.96. The van der Waals surface area contributed by atoms with Gasteiger partial charge in [0.25, 0.3) is 0 Å². The van der Waals surface area contributed by atoms with Crippen LogP contribution in [-0.2, 0) is 4.79 Å². The third kappa shape index (κ3) is 2.93. The summed E-state index contributed by atoms with van der Waals surface area (Å²) in [5, 5.41) is 20.7. The van der Waals surface area contributed by atoms with Gasteiger partial charge >= 0.3 is 5.97 Å². The number of carboxylic acid groups (broad SMARTS) is 1. The molecule has 0 spiro atoms. The average Bonchev–Trinajstić information content (AvgIpc) is 2.48. The molecule has 1 atom stereocenters. The van der Waals surface area contributed by atoms with Gasteiger partial charge < -0.3 is 10.4 Å². The number of rotatable bonds is 4. The number of carbonyl (C=O) groups is 1. The highest BCUT2D eigenvalue weighted by Crippen LogP contribution is 2.22. The molecule has 0 saturated carbocycles. The molecule has 0 fully saturated rings.